The van der Waals surface area contributed by atoms with Crippen molar-refractivity contribution in [2.45, 2.75) is 33.1 Å². The van der Waals surface area contributed by atoms with Crippen molar-refractivity contribution in [2.75, 3.05) is 0 Å². The molecule has 0 aliphatic rings. The first-order valence-electron chi connectivity index (χ1n) is 5.35. The minimum absolute atomic E-state index is 0.104. The lowest BCUT2D eigenvalue weighted by atomic mass is 9.87. The topological polar surface area (TPSA) is 12.9 Å². The van der Waals surface area contributed by atoms with Crippen LogP contribution in [-0.2, 0) is 5.41 Å². The van der Waals surface area contributed by atoms with Gasteiger partial charge in [0.05, 0.1) is 5.69 Å². The van der Waals surface area contributed by atoms with Gasteiger partial charge in [-0.1, -0.05) is 45.0 Å². The van der Waals surface area contributed by atoms with Crippen molar-refractivity contribution < 1.29 is 0 Å². The molecule has 2 rings (SSSR count). The number of aryl methyl sites for hydroxylation is 1. The van der Waals surface area contributed by atoms with Crippen LogP contribution in [-0.4, -0.2) is 4.98 Å². The van der Waals surface area contributed by atoms with Crippen LogP contribution in [0.1, 0.15) is 32.0 Å². The number of benzene rings is 1. The van der Waals surface area contributed by atoms with Crippen molar-refractivity contribution in [1.29, 1.82) is 0 Å². The van der Waals surface area contributed by atoms with Crippen LogP contribution in [0, 0.1) is 6.92 Å². The van der Waals surface area contributed by atoms with Gasteiger partial charge in [-0.2, -0.15) is 0 Å². The molecule has 0 N–H and O–H groups in total. The minimum atomic E-state index is 0.104. The van der Waals surface area contributed by atoms with Gasteiger partial charge in [-0.25, -0.2) is 0 Å². The molecule has 0 bridgehead atoms. The van der Waals surface area contributed by atoms with Crippen molar-refractivity contribution in [2.24, 2.45) is 0 Å². The lowest BCUT2D eigenvalue weighted by Crippen LogP contribution is -2.14. The van der Waals surface area contributed by atoms with Gasteiger partial charge in [0.2, 0.25) is 0 Å². The Labute approximate surface area is 91.2 Å². The molecule has 1 heteroatoms. The fourth-order valence-electron chi connectivity index (χ4n) is 1.93. The highest BCUT2D eigenvalue weighted by Gasteiger charge is 2.18. The third-order valence-corrected chi connectivity index (χ3v) is 2.70. The Morgan fingerprint density at radius 1 is 1.00 bits per heavy atom. The first kappa shape index (κ1) is 10.2. The number of rotatable bonds is 0. The highest BCUT2D eigenvalue weighted by atomic mass is 14.7. The van der Waals surface area contributed by atoms with Crippen LogP contribution in [0.2, 0.25) is 0 Å². The average molecular weight is 199 g/mol. The van der Waals surface area contributed by atoms with Gasteiger partial charge in [0, 0.05) is 17.0 Å². The van der Waals surface area contributed by atoms with Crippen LogP contribution in [0.25, 0.3) is 10.8 Å². The Morgan fingerprint density at radius 3 is 2.20 bits per heavy atom. The van der Waals surface area contributed by atoms with Crippen molar-refractivity contribution in [3.05, 3.63) is 41.7 Å². The summed E-state index contributed by atoms with van der Waals surface area (Å²) in [7, 11) is 0. The van der Waals surface area contributed by atoms with Gasteiger partial charge in [0.25, 0.3) is 0 Å². The number of fused-ring (bicyclic) bond motifs is 1. The Hall–Kier alpha value is -1.37. The van der Waals surface area contributed by atoms with Crippen molar-refractivity contribution in [3.63, 3.8) is 0 Å². The summed E-state index contributed by atoms with van der Waals surface area (Å²) in [5, 5.41) is 2.60. The SMILES string of the molecule is Cc1cnc(C(C)(C)C)c2ccccc12. The molecule has 78 valence electrons. The van der Waals surface area contributed by atoms with E-state index in [1.807, 2.05) is 6.20 Å². The van der Waals surface area contributed by atoms with E-state index in [2.05, 4.69) is 56.9 Å². The summed E-state index contributed by atoms with van der Waals surface area (Å²) in [6.45, 7) is 8.73. The molecule has 0 saturated carbocycles. The van der Waals surface area contributed by atoms with E-state index in [4.69, 9.17) is 0 Å². The van der Waals surface area contributed by atoms with Crippen molar-refractivity contribution >= 4 is 10.8 Å². The molecule has 0 saturated heterocycles. The highest BCUT2D eigenvalue weighted by molar-refractivity contribution is 5.87. The molecule has 0 spiro atoms. The van der Waals surface area contributed by atoms with Gasteiger partial charge in [0.1, 0.15) is 0 Å². The van der Waals surface area contributed by atoms with Gasteiger partial charge in [0.15, 0.2) is 0 Å². The molecule has 0 fully saturated rings. The van der Waals surface area contributed by atoms with E-state index >= 15 is 0 Å². The molecule has 0 atom stereocenters. The Balaban J connectivity index is 2.84. The second kappa shape index (κ2) is 3.34. The summed E-state index contributed by atoms with van der Waals surface area (Å²) in [6.07, 6.45) is 1.98. The summed E-state index contributed by atoms with van der Waals surface area (Å²) in [4.78, 5) is 4.58. The molecule has 0 amide bonds. The summed E-state index contributed by atoms with van der Waals surface area (Å²) >= 11 is 0. The zero-order valence-corrected chi connectivity index (χ0v) is 9.83. The average Bonchev–Trinajstić information content (AvgIpc) is 2.17. The number of hydrogen-bond donors (Lipinski definition) is 0. The molecule has 1 nitrogen and oxygen atoms in total. The van der Waals surface area contributed by atoms with E-state index in [9.17, 15) is 0 Å². The second-order valence-corrected chi connectivity index (χ2v) is 5.09. The molecule has 0 aliphatic carbocycles. The van der Waals surface area contributed by atoms with Crippen LogP contribution < -0.4 is 0 Å². The molecule has 0 aliphatic heterocycles. The Bertz CT molecular complexity index is 492. The molecule has 15 heavy (non-hydrogen) atoms. The maximum absolute atomic E-state index is 4.58. The molecule has 1 aromatic heterocycles. The van der Waals surface area contributed by atoms with E-state index in [0.29, 0.717) is 0 Å². The lowest BCUT2D eigenvalue weighted by Gasteiger charge is -2.20. The van der Waals surface area contributed by atoms with E-state index < -0.39 is 0 Å². The maximum atomic E-state index is 4.58. The van der Waals surface area contributed by atoms with Crippen LogP contribution in [0.15, 0.2) is 30.5 Å². The van der Waals surface area contributed by atoms with Crippen LogP contribution in [0.3, 0.4) is 0 Å². The largest absolute Gasteiger partial charge is 0.260 e. The normalized spacial score (nSPS) is 12.0. The number of pyridine rings is 1. The lowest BCUT2D eigenvalue weighted by molar-refractivity contribution is 0.575. The summed E-state index contributed by atoms with van der Waals surface area (Å²) in [6, 6.07) is 8.50. The van der Waals surface area contributed by atoms with Gasteiger partial charge in [-0.3, -0.25) is 4.98 Å². The summed E-state index contributed by atoms with van der Waals surface area (Å²) in [5.41, 5.74) is 2.54. The number of aromatic nitrogens is 1. The third kappa shape index (κ3) is 1.74. The summed E-state index contributed by atoms with van der Waals surface area (Å²) in [5.74, 6) is 0. The van der Waals surface area contributed by atoms with Crippen molar-refractivity contribution in [3.8, 4) is 0 Å². The quantitative estimate of drug-likeness (QED) is 0.628. The fraction of sp³-hybridized carbons (Fsp3) is 0.357. The third-order valence-electron chi connectivity index (χ3n) is 2.70. The number of nitrogens with zero attached hydrogens (tertiary/aromatic N) is 1. The second-order valence-electron chi connectivity index (χ2n) is 5.09. The van der Waals surface area contributed by atoms with E-state index in [1.165, 1.54) is 22.0 Å². The standard InChI is InChI=1S/C14H17N/c1-10-9-15-13(14(2,3)4)12-8-6-5-7-11(10)12/h5-9H,1-4H3. The van der Waals surface area contributed by atoms with Crippen molar-refractivity contribution in [1.82, 2.24) is 4.98 Å². The fourth-order valence-corrected chi connectivity index (χ4v) is 1.93. The van der Waals surface area contributed by atoms with E-state index in [1.54, 1.807) is 0 Å². The molecule has 0 unspecified atom stereocenters. The monoisotopic (exact) mass is 199 g/mol. The zero-order valence-electron chi connectivity index (χ0n) is 9.83. The van der Waals surface area contributed by atoms with E-state index in [0.717, 1.165) is 0 Å². The smallest absolute Gasteiger partial charge is 0.0535 e. The van der Waals surface area contributed by atoms with Crippen LogP contribution in [0.4, 0.5) is 0 Å². The molecular formula is C14H17N. The molecule has 0 radical (unpaired) electrons. The highest BCUT2D eigenvalue weighted by Crippen LogP contribution is 2.29. The van der Waals surface area contributed by atoms with E-state index in [-0.39, 0.29) is 5.41 Å². The van der Waals surface area contributed by atoms with Crippen LogP contribution in [0.5, 0.6) is 0 Å². The molecule has 2 aromatic rings. The van der Waals surface area contributed by atoms with Crippen LogP contribution >= 0.6 is 0 Å². The van der Waals surface area contributed by atoms with Gasteiger partial charge >= 0.3 is 0 Å². The zero-order chi connectivity index (χ0) is 11.1. The predicted octanol–water partition coefficient (Wildman–Crippen LogP) is 3.84. The molecule has 1 aromatic carbocycles. The first-order chi connectivity index (χ1) is 7.00. The predicted molar refractivity (Wildman–Crippen MR) is 65.2 cm³/mol. The molecule has 1 heterocycles. The maximum Gasteiger partial charge on any atom is 0.0535 e. The van der Waals surface area contributed by atoms with Gasteiger partial charge in [-0.15, -0.1) is 0 Å². The molecular weight excluding hydrogens is 182 g/mol. The Kier molecular flexibility index (Phi) is 2.26. The number of hydrogen-bond acceptors (Lipinski definition) is 1. The minimum Gasteiger partial charge on any atom is -0.260 e. The first-order valence-corrected chi connectivity index (χ1v) is 5.35. The van der Waals surface area contributed by atoms with Gasteiger partial charge in [-0.05, 0) is 17.9 Å². The Morgan fingerprint density at radius 2 is 1.60 bits per heavy atom. The summed E-state index contributed by atoms with van der Waals surface area (Å²) < 4.78 is 0. The van der Waals surface area contributed by atoms with Gasteiger partial charge < -0.3 is 0 Å².